The fourth-order valence-corrected chi connectivity index (χ4v) is 1.04. The monoisotopic (exact) mass is 258 g/mol. The van der Waals surface area contributed by atoms with Crippen molar-refractivity contribution in [1.82, 2.24) is 0 Å². The Morgan fingerprint density at radius 3 is 2.78 bits per heavy atom. The molecule has 7 nitrogen and oxygen atoms in total. The van der Waals surface area contributed by atoms with Gasteiger partial charge in [0.05, 0.1) is 4.92 Å². The van der Waals surface area contributed by atoms with Crippen molar-refractivity contribution in [2.45, 2.75) is 12.5 Å². The number of nitro benzene ring substituents is 1. The van der Waals surface area contributed by atoms with Crippen LogP contribution in [0.5, 0.6) is 5.75 Å². The van der Waals surface area contributed by atoms with Gasteiger partial charge in [0.25, 0.3) is 0 Å². The molecule has 0 spiro atoms. The predicted molar refractivity (Wildman–Crippen MR) is 58.8 cm³/mol. The molecule has 1 aromatic rings. The van der Waals surface area contributed by atoms with Crippen LogP contribution >= 0.6 is 0 Å². The summed E-state index contributed by atoms with van der Waals surface area (Å²) in [7, 11) is 0. The predicted octanol–water partition coefficient (Wildman–Crippen LogP) is 0.915. The minimum absolute atomic E-state index is 0.363. The highest BCUT2D eigenvalue weighted by Gasteiger charge is 2.30. The third-order valence-corrected chi connectivity index (χ3v) is 2.13. The molecule has 0 fully saturated rings. The average molecular weight is 258 g/mol. The first-order chi connectivity index (χ1) is 8.24. The van der Waals surface area contributed by atoms with Gasteiger partial charge in [-0.15, -0.1) is 0 Å². The van der Waals surface area contributed by atoms with Gasteiger partial charge >= 0.3 is 11.7 Å². The molecule has 0 aromatic heterocycles. The Morgan fingerprint density at radius 2 is 2.28 bits per heavy atom. The quantitative estimate of drug-likeness (QED) is 0.599. The van der Waals surface area contributed by atoms with Crippen molar-refractivity contribution in [3.8, 4) is 5.75 Å². The van der Waals surface area contributed by atoms with Gasteiger partial charge in [0.1, 0.15) is 18.0 Å². The molecule has 1 rings (SSSR count). The molecule has 1 unspecified atom stereocenters. The first kappa shape index (κ1) is 13.8. The number of hydrogen-bond acceptors (Lipinski definition) is 5. The van der Waals surface area contributed by atoms with Crippen LogP contribution in [0.3, 0.4) is 0 Å². The maximum absolute atomic E-state index is 12.9. The van der Waals surface area contributed by atoms with Crippen LogP contribution in [-0.4, -0.2) is 28.1 Å². The van der Waals surface area contributed by atoms with Gasteiger partial charge in [-0.3, -0.25) is 14.9 Å². The van der Waals surface area contributed by atoms with E-state index in [0.29, 0.717) is 0 Å². The average Bonchev–Trinajstić information content (AvgIpc) is 2.26. The number of nitrogens with two attached hydrogens (primary N) is 1. The van der Waals surface area contributed by atoms with Gasteiger partial charge in [-0.25, -0.2) is 4.39 Å². The van der Waals surface area contributed by atoms with Gasteiger partial charge in [-0.05, 0) is 13.0 Å². The molecule has 98 valence electrons. The van der Waals surface area contributed by atoms with Gasteiger partial charge in [0, 0.05) is 12.1 Å². The minimum atomic E-state index is -1.72. The Balaban J connectivity index is 2.94. The topological polar surface area (TPSA) is 116 Å². The molecule has 0 radical (unpaired) electrons. The molecule has 18 heavy (non-hydrogen) atoms. The molecule has 0 amide bonds. The van der Waals surface area contributed by atoms with Crippen molar-refractivity contribution in [3.63, 3.8) is 0 Å². The Morgan fingerprint density at radius 1 is 1.67 bits per heavy atom. The van der Waals surface area contributed by atoms with Crippen LogP contribution in [0.25, 0.3) is 0 Å². The van der Waals surface area contributed by atoms with Gasteiger partial charge in [0.15, 0.2) is 5.75 Å². The molecular weight excluding hydrogens is 247 g/mol. The van der Waals surface area contributed by atoms with Crippen LogP contribution in [0, 0.1) is 15.9 Å². The Kier molecular flexibility index (Phi) is 3.82. The second-order valence-corrected chi connectivity index (χ2v) is 3.88. The van der Waals surface area contributed by atoms with Crippen molar-refractivity contribution >= 4 is 11.7 Å². The van der Waals surface area contributed by atoms with Crippen molar-refractivity contribution in [1.29, 1.82) is 0 Å². The smallest absolute Gasteiger partial charge is 0.326 e. The fraction of sp³-hybridized carbons (Fsp3) is 0.300. The SMILES string of the molecule is CC(N)(COc1cc(F)ccc1[N+](=O)[O-])C(=O)O. The number of carboxylic acids is 1. The first-order valence-electron chi connectivity index (χ1n) is 4.83. The molecular formula is C10H11FN2O5. The minimum Gasteiger partial charge on any atom is -0.484 e. The summed E-state index contributed by atoms with van der Waals surface area (Å²) in [4.78, 5) is 20.6. The zero-order valence-electron chi connectivity index (χ0n) is 9.42. The highest BCUT2D eigenvalue weighted by molar-refractivity contribution is 5.78. The summed E-state index contributed by atoms with van der Waals surface area (Å²) in [6.45, 7) is 0.660. The molecule has 0 aliphatic rings. The van der Waals surface area contributed by atoms with E-state index in [9.17, 15) is 19.3 Å². The lowest BCUT2D eigenvalue weighted by Gasteiger charge is -2.19. The summed E-state index contributed by atoms with van der Waals surface area (Å²) in [5, 5.41) is 19.4. The number of carbonyl (C=O) groups is 1. The third kappa shape index (κ3) is 3.14. The van der Waals surface area contributed by atoms with Crippen molar-refractivity contribution in [2.75, 3.05) is 6.61 Å². The van der Waals surface area contributed by atoms with Gasteiger partial charge < -0.3 is 15.6 Å². The summed E-state index contributed by atoms with van der Waals surface area (Å²) < 4.78 is 17.9. The van der Waals surface area contributed by atoms with E-state index in [1.165, 1.54) is 6.92 Å². The van der Waals surface area contributed by atoms with Crippen LogP contribution in [0.2, 0.25) is 0 Å². The maximum Gasteiger partial charge on any atom is 0.326 e. The van der Waals surface area contributed by atoms with Crippen LogP contribution < -0.4 is 10.5 Å². The summed E-state index contributed by atoms with van der Waals surface area (Å²) in [6.07, 6.45) is 0. The van der Waals surface area contributed by atoms with Crippen molar-refractivity contribution < 1.29 is 24.0 Å². The van der Waals surface area contributed by atoms with Crippen LogP contribution in [-0.2, 0) is 4.79 Å². The van der Waals surface area contributed by atoms with Gasteiger partial charge in [-0.1, -0.05) is 0 Å². The zero-order valence-corrected chi connectivity index (χ0v) is 9.42. The molecule has 0 saturated carbocycles. The summed E-state index contributed by atoms with van der Waals surface area (Å²) in [5.74, 6) is -2.43. The Hall–Kier alpha value is -2.22. The second kappa shape index (κ2) is 4.96. The molecule has 0 aliphatic heterocycles. The summed E-state index contributed by atoms with van der Waals surface area (Å²) in [5.41, 5.74) is 3.20. The Bertz CT molecular complexity index is 489. The molecule has 1 atom stereocenters. The third-order valence-electron chi connectivity index (χ3n) is 2.13. The van der Waals surface area contributed by atoms with Crippen molar-refractivity contribution in [2.24, 2.45) is 5.73 Å². The molecule has 1 aromatic carbocycles. The number of benzene rings is 1. The number of rotatable bonds is 5. The van der Waals surface area contributed by atoms with E-state index in [4.69, 9.17) is 15.6 Å². The molecule has 0 saturated heterocycles. The number of aliphatic carboxylic acids is 1. The number of carboxylic acid groups (broad SMARTS) is 1. The molecule has 0 heterocycles. The lowest BCUT2D eigenvalue weighted by atomic mass is 10.1. The largest absolute Gasteiger partial charge is 0.484 e. The zero-order chi connectivity index (χ0) is 13.9. The van der Waals surface area contributed by atoms with Gasteiger partial charge in [0.2, 0.25) is 0 Å². The number of nitro groups is 1. The van der Waals surface area contributed by atoms with Crippen LogP contribution in [0.4, 0.5) is 10.1 Å². The Labute approximate surface area is 101 Å². The van der Waals surface area contributed by atoms with E-state index in [2.05, 4.69) is 0 Å². The van der Waals surface area contributed by atoms with E-state index >= 15 is 0 Å². The fourth-order valence-electron chi connectivity index (χ4n) is 1.04. The number of ether oxygens (including phenoxy) is 1. The van der Waals surface area contributed by atoms with Crippen LogP contribution in [0.1, 0.15) is 6.92 Å². The second-order valence-electron chi connectivity index (χ2n) is 3.88. The van der Waals surface area contributed by atoms with Crippen molar-refractivity contribution in [3.05, 3.63) is 34.1 Å². The lowest BCUT2D eigenvalue weighted by molar-refractivity contribution is -0.386. The lowest BCUT2D eigenvalue weighted by Crippen LogP contribution is -2.50. The van der Waals surface area contributed by atoms with E-state index in [1.807, 2.05) is 0 Å². The molecule has 0 aliphatic carbocycles. The first-order valence-corrected chi connectivity index (χ1v) is 4.83. The number of halogens is 1. The van der Waals surface area contributed by atoms with Crippen LogP contribution in [0.15, 0.2) is 18.2 Å². The number of nitrogens with zero attached hydrogens (tertiary/aromatic N) is 1. The highest BCUT2D eigenvalue weighted by atomic mass is 19.1. The molecule has 0 bridgehead atoms. The maximum atomic E-state index is 12.9. The summed E-state index contributed by atoms with van der Waals surface area (Å²) in [6, 6.07) is 2.64. The van der Waals surface area contributed by atoms with E-state index in [-0.39, 0.29) is 5.75 Å². The summed E-state index contributed by atoms with van der Waals surface area (Å²) >= 11 is 0. The number of hydrogen-bond donors (Lipinski definition) is 2. The molecule has 8 heteroatoms. The van der Waals surface area contributed by atoms with E-state index < -0.39 is 34.5 Å². The normalized spacial score (nSPS) is 13.7. The van der Waals surface area contributed by atoms with E-state index in [1.54, 1.807) is 0 Å². The molecule has 3 N–H and O–H groups in total. The standard InChI is InChI=1S/C10H11FN2O5/c1-10(12,9(14)15)5-18-8-4-6(11)2-3-7(8)13(16)17/h2-4H,5,12H2,1H3,(H,14,15). The van der Waals surface area contributed by atoms with E-state index in [0.717, 1.165) is 18.2 Å². The van der Waals surface area contributed by atoms with Gasteiger partial charge in [-0.2, -0.15) is 0 Å². The highest BCUT2D eigenvalue weighted by Crippen LogP contribution is 2.27.